The topological polar surface area (TPSA) is 123 Å². The van der Waals surface area contributed by atoms with E-state index in [1.54, 1.807) is 20.8 Å². The SMILES string of the molecule is [B][C@H]1C[C@H](CCP(=O)(O)O)[C@@H](OC)[C@H]1OP(=O)(O)OC(C)(C)C. The molecule has 134 valence electrons. The van der Waals surface area contributed by atoms with Crippen molar-refractivity contribution in [2.75, 3.05) is 13.3 Å². The maximum atomic E-state index is 12.1. The van der Waals surface area contributed by atoms with Crippen LogP contribution in [0.3, 0.4) is 0 Å². The molecule has 0 heterocycles. The third-order valence-corrected chi connectivity index (χ3v) is 5.62. The summed E-state index contributed by atoms with van der Waals surface area (Å²) in [5.74, 6) is -0.868. The van der Waals surface area contributed by atoms with E-state index in [1.165, 1.54) is 7.11 Å². The van der Waals surface area contributed by atoms with Crippen molar-refractivity contribution in [1.82, 2.24) is 0 Å². The van der Waals surface area contributed by atoms with Gasteiger partial charge in [-0.2, -0.15) is 0 Å². The Bertz CT molecular complexity index is 488. The molecule has 0 saturated heterocycles. The Morgan fingerprint density at radius 2 is 1.74 bits per heavy atom. The minimum atomic E-state index is -4.34. The molecule has 1 rings (SSSR count). The predicted molar refractivity (Wildman–Crippen MR) is 85.5 cm³/mol. The molecule has 0 amide bonds. The average Bonchev–Trinajstić information content (AvgIpc) is 2.58. The van der Waals surface area contributed by atoms with Gasteiger partial charge in [0.25, 0.3) is 0 Å². The molecule has 0 aromatic rings. The van der Waals surface area contributed by atoms with Crippen LogP contribution in [0.4, 0.5) is 0 Å². The van der Waals surface area contributed by atoms with Crippen molar-refractivity contribution in [2.24, 2.45) is 5.92 Å². The van der Waals surface area contributed by atoms with Crippen molar-refractivity contribution in [3.8, 4) is 0 Å². The van der Waals surface area contributed by atoms with Gasteiger partial charge < -0.3 is 19.4 Å². The largest absolute Gasteiger partial charge is 0.473 e. The molecule has 0 aromatic heterocycles. The number of phosphoric ester groups is 1. The average molecular weight is 370 g/mol. The van der Waals surface area contributed by atoms with Gasteiger partial charge in [0.2, 0.25) is 0 Å². The molecule has 8 nitrogen and oxygen atoms in total. The maximum Gasteiger partial charge on any atom is 0.473 e. The van der Waals surface area contributed by atoms with Gasteiger partial charge in [0.1, 0.15) is 0 Å². The minimum Gasteiger partial charge on any atom is -0.378 e. The molecule has 1 aliphatic carbocycles. The summed E-state index contributed by atoms with van der Waals surface area (Å²) in [4.78, 5) is 27.8. The van der Waals surface area contributed by atoms with Crippen molar-refractivity contribution in [3.05, 3.63) is 0 Å². The maximum absolute atomic E-state index is 12.1. The first kappa shape index (κ1) is 21.3. The fourth-order valence-electron chi connectivity index (χ4n) is 2.73. The molecule has 5 atom stereocenters. The third kappa shape index (κ3) is 7.37. The van der Waals surface area contributed by atoms with Crippen molar-refractivity contribution in [2.45, 2.75) is 57.2 Å². The van der Waals surface area contributed by atoms with Gasteiger partial charge in [0, 0.05) is 7.11 Å². The summed E-state index contributed by atoms with van der Waals surface area (Å²) in [7, 11) is -1.11. The molecule has 11 heteroatoms. The van der Waals surface area contributed by atoms with E-state index in [0.29, 0.717) is 6.42 Å². The van der Waals surface area contributed by atoms with E-state index in [0.717, 1.165) is 0 Å². The lowest BCUT2D eigenvalue weighted by Gasteiger charge is -2.29. The van der Waals surface area contributed by atoms with E-state index in [1.807, 2.05) is 0 Å². The molecule has 23 heavy (non-hydrogen) atoms. The first-order valence-corrected chi connectivity index (χ1v) is 10.6. The van der Waals surface area contributed by atoms with Crippen LogP contribution < -0.4 is 0 Å². The number of methoxy groups -OCH3 is 1. The summed E-state index contributed by atoms with van der Waals surface area (Å²) in [5.41, 5.74) is -0.880. The molecule has 2 radical (unpaired) electrons. The third-order valence-electron chi connectivity index (χ3n) is 3.49. The van der Waals surface area contributed by atoms with E-state index < -0.39 is 39.0 Å². The lowest BCUT2D eigenvalue weighted by molar-refractivity contribution is -0.0280. The normalized spacial score (nSPS) is 32.0. The van der Waals surface area contributed by atoms with Crippen LogP contribution in [0.15, 0.2) is 0 Å². The Labute approximate surface area is 138 Å². The molecule has 3 N–H and O–H groups in total. The van der Waals surface area contributed by atoms with Crippen LogP contribution in [0.5, 0.6) is 0 Å². The van der Waals surface area contributed by atoms with Crippen molar-refractivity contribution >= 4 is 23.3 Å². The molecule has 0 bridgehead atoms. The standard InChI is InChI=1S/C12H25BO8P2/c1-12(2,3)21-23(17,18)20-11-9(13)7-8(10(11)19-4)5-6-22(14,15)16/h8-11H,5-7H2,1-4H3,(H,17,18)(H2,14,15,16)/t8-,9-,10+,11-/m0/s1. The number of hydrogen-bond acceptors (Lipinski definition) is 5. The first-order chi connectivity index (χ1) is 10.2. The fourth-order valence-corrected chi connectivity index (χ4v) is 4.72. The van der Waals surface area contributed by atoms with Gasteiger partial charge in [-0.25, -0.2) is 4.57 Å². The molecule has 0 aliphatic heterocycles. The Morgan fingerprint density at radius 1 is 1.17 bits per heavy atom. The lowest BCUT2D eigenvalue weighted by Crippen LogP contribution is -2.32. The fraction of sp³-hybridized carbons (Fsp3) is 1.00. The zero-order valence-corrected chi connectivity index (χ0v) is 15.6. The summed E-state index contributed by atoms with van der Waals surface area (Å²) in [6.07, 6.45) is -1.27. The van der Waals surface area contributed by atoms with Gasteiger partial charge >= 0.3 is 15.4 Å². The van der Waals surface area contributed by atoms with Crippen LogP contribution >= 0.6 is 15.4 Å². The monoisotopic (exact) mass is 370 g/mol. The lowest BCUT2D eigenvalue weighted by atomic mass is 9.83. The van der Waals surface area contributed by atoms with E-state index >= 15 is 0 Å². The summed E-state index contributed by atoms with van der Waals surface area (Å²) in [5, 5.41) is 0. The van der Waals surface area contributed by atoms with Gasteiger partial charge in [0.15, 0.2) is 0 Å². The van der Waals surface area contributed by atoms with Crippen LogP contribution in [-0.2, 0) is 22.9 Å². The number of ether oxygens (including phenoxy) is 1. The second-order valence-electron chi connectivity index (χ2n) is 6.78. The van der Waals surface area contributed by atoms with Crippen LogP contribution in [0, 0.1) is 5.92 Å². The van der Waals surface area contributed by atoms with Gasteiger partial charge in [0.05, 0.1) is 31.8 Å². The Balaban J connectivity index is 2.78. The van der Waals surface area contributed by atoms with Gasteiger partial charge in [-0.05, 0) is 38.9 Å². The molecule has 1 fully saturated rings. The summed E-state index contributed by atoms with van der Waals surface area (Å²) >= 11 is 0. The zero-order valence-electron chi connectivity index (χ0n) is 13.8. The summed E-state index contributed by atoms with van der Waals surface area (Å²) in [6.45, 7) is 4.85. The van der Waals surface area contributed by atoms with Gasteiger partial charge in [-0.15, -0.1) is 0 Å². The minimum absolute atomic E-state index is 0.187. The summed E-state index contributed by atoms with van der Waals surface area (Å²) < 4.78 is 38.6. The highest BCUT2D eigenvalue weighted by atomic mass is 31.2. The Kier molecular flexibility index (Phi) is 7.11. The summed E-state index contributed by atoms with van der Waals surface area (Å²) in [6, 6.07) is 0. The van der Waals surface area contributed by atoms with Crippen molar-refractivity contribution < 1.29 is 37.6 Å². The highest BCUT2D eigenvalue weighted by Crippen LogP contribution is 2.53. The van der Waals surface area contributed by atoms with E-state index in [-0.39, 0.29) is 18.5 Å². The molecule has 0 spiro atoms. The number of rotatable bonds is 7. The van der Waals surface area contributed by atoms with E-state index in [2.05, 4.69) is 0 Å². The molecule has 1 saturated carbocycles. The second-order valence-corrected chi connectivity index (χ2v) is 9.89. The second kappa shape index (κ2) is 7.67. The molecule has 1 aliphatic rings. The van der Waals surface area contributed by atoms with Crippen LogP contribution in [0.25, 0.3) is 0 Å². The molecular formula is C12H25BO8P2. The molecule has 1 unspecified atom stereocenters. The first-order valence-electron chi connectivity index (χ1n) is 7.29. The Morgan fingerprint density at radius 3 is 2.17 bits per heavy atom. The quantitative estimate of drug-likeness (QED) is 0.458. The number of hydrogen-bond donors (Lipinski definition) is 3. The van der Waals surface area contributed by atoms with Gasteiger partial charge in [-0.1, -0.05) is 6.42 Å². The zero-order chi connectivity index (χ0) is 18.1. The smallest absolute Gasteiger partial charge is 0.378 e. The number of phosphoric acid groups is 1. The van der Waals surface area contributed by atoms with Crippen molar-refractivity contribution in [1.29, 1.82) is 0 Å². The Hall–Kier alpha value is 0.285. The predicted octanol–water partition coefficient (Wildman–Crippen LogP) is 1.85. The van der Waals surface area contributed by atoms with Gasteiger partial charge in [-0.3, -0.25) is 13.6 Å². The van der Waals surface area contributed by atoms with E-state index in [9.17, 15) is 14.0 Å². The van der Waals surface area contributed by atoms with Crippen molar-refractivity contribution in [3.63, 3.8) is 0 Å². The molecule has 0 aromatic carbocycles. The van der Waals surface area contributed by atoms with Crippen LogP contribution in [-0.4, -0.2) is 53.6 Å². The van der Waals surface area contributed by atoms with Crippen LogP contribution in [0.1, 0.15) is 33.6 Å². The van der Waals surface area contributed by atoms with Crippen LogP contribution in [0.2, 0.25) is 5.82 Å². The highest BCUT2D eigenvalue weighted by molar-refractivity contribution is 7.51. The van der Waals surface area contributed by atoms with E-state index in [4.69, 9.17) is 31.4 Å². The highest BCUT2D eigenvalue weighted by Gasteiger charge is 2.46. The molecular weight excluding hydrogens is 345 g/mol.